The molecule has 24 heteroatoms. The molecule has 0 aliphatic carbocycles. The SMILES string of the molecule is CCN(CC)CC.Cl.NCCNc1nonc1-c1noc(=O)n1-c1ccc(F)c(Br)c1.NCCNc1nonc1-c1noc(=O)n1-c1ccc(F)c(Br)c1. The van der Waals surface area contributed by atoms with Gasteiger partial charge in [-0.3, -0.25) is 9.05 Å². The zero-order valence-electron chi connectivity index (χ0n) is 29.0. The molecular weight excluding hydrogens is 872 g/mol. The van der Waals surface area contributed by atoms with Crippen LogP contribution >= 0.6 is 44.3 Å². The number of hydrogen-bond acceptors (Lipinski definition) is 17. The van der Waals surface area contributed by atoms with Gasteiger partial charge in [-0.2, -0.15) is 0 Å². The molecule has 0 saturated heterocycles. The predicted octanol–water partition coefficient (Wildman–Crippen LogP) is 4.07. The minimum atomic E-state index is -0.758. The molecule has 6 N–H and O–H groups in total. The van der Waals surface area contributed by atoms with E-state index in [0.29, 0.717) is 37.6 Å². The summed E-state index contributed by atoms with van der Waals surface area (Å²) < 4.78 is 48.1. The number of nitrogens with one attached hydrogen (secondary N) is 2. The molecule has 0 amide bonds. The van der Waals surface area contributed by atoms with Crippen LogP contribution in [0.3, 0.4) is 0 Å². The summed E-state index contributed by atoms with van der Waals surface area (Å²) in [5, 5.41) is 28.0. The second-order valence-electron chi connectivity index (χ2n) is 10.4. The Balaban J connectivity index is 0.000000244. The van der Waals surface area contributed by atoms with E-state index in [1.54, 1.807) is 0 Å². The minimum Gasteiger partial charge on any atom is -0.364 e. The molecule has 4 heterocycles. The van der Waals surface area contributed by atoms with Crippen molar-refractivity contribution in [3.05, 3.63) is 78.1 Å². The van der Waals surface area contributed by atoms with Crippen LogP contribution in [0.1, 0.15) is 20.8 Å². The fraction of sp³-hybridized carbons (Fsp3) is 0.333. The fourth-order valence-electron chi connectivity index (χ4n) is 4.46. The largest absolute Gasteiger partial charge is 0.446 e. The summed E-state index contributed by atoms with van der Waals surface area (Å²) in [5.74, 6) is -1.79. The molecule has 0 bridgehead atoms. The van der Waals surface area contributed by atoms with Gasteiger partial charge in [0.2, 0.25) is 23.3 Å². The quantitative estimate of drug-likeness (QED) is 0.127. The van der Waals surface area contributed by atoms with Crippen molar-refractivity contribution in [2.45, 2.75) is 20.8 Å². The van der Waals surface area contributed by atoms with Gasteiger partial charge in [0.05, 0.1) is 20.3 Å². The van der Waals surface area contributed by atoms with Crippen molar-refractivity contribution in [3.63, 3.8) is 0 Å². The first kappa shape index (κ1) is 43.6. The van der Waals surface area contributed by atoms with E-state index in [0.717, 1.165) is 9.13 Å². The number of rotatable bonds is 13. The summed E-state index contributed by atoms with van der Waals surface area (Å²) in [6.45, 7) is 11.7. The third-order valence-corrected chi connectivity index (χ3v) is 8.36. The third kappa shape index (κ3) is 10.7. The molecule has 6 aromatic rings. The molecule has 0 atom stereocenters. The number of benzene rings is 2. The van der Waals surface area contributed by atoms with Crippen LogP contribution in [0.15, 0.2) is 73.2 Å². The van der Waals surface area contributed by atoms with Gasteiger partial charge in [0.1, 0.15) is 11.6 Å². The lowest BCUT2D eigenvalue weighted by atomic mass is 10.3. The highest BCUT2D eigenvalue weighted by Gasteiger charge is 2.24. The second-order valence-corrected chi connectivity index (χ2v) is 12.1. The van der Waals surface area contributed by atoms with Crippen LogP contribution in [-0.4, -0.2) is 90.8 Å². The Labute approximate surface area is 328 Å². The Morgan fingerprint density at radius 1 is 0.685 bits per heavy atom. The molecule has 0 radical (unpaired) electrons. The summed E-state index contributed by atoms with van der Waals surface area (Å²) in [5.41, 5.74) is 11.9. The van der Waals surface area contributed by atoms with Crippen LogP contribution in [0.25, 0.3) is 34.4 Å². The predicted molar refractivity (Wildman–Crippen MR) is 202 cm³/mol. The lowest BCUT2D eigenvalue weighted by Gasteiger charge is -2.13. The van der Waals surface area contributed by atoms with E-state index in [2.05, 4.69) is 117 Å². The van der Waals surface area contributed by atoms with E-state index in [1.165, 1.54) is 56.0 Å². The van der Waals surface area contributed by atoms with Crippen LogP contribution < -0.4 is 33.6 Å². The van der Waals surface area contributed by atoms with Gasteiger partial charge < -0.3 is 27.0 Å². The molecule has 4 aromatic heterocycles. The number of anilines is 2. The molecular formula is C30H36Br2ClF2N13O6. The maximum Gasteiger partial charge on any atom is 0.446 e. The molecule has 0 fully saturated rings. The van der Waals surface area contributed by atoms with E-state index in [4.69, 9.17) is 11.5 Å². The molecule has 19 nitrogen and oxygen atoms in total. The topological polar surface area (TPSA) is 253 Å². The van der Waals surface area contributed by atoms with Gasteiger partial charge in [0.15, 0.2) is 11.4 Å². The Hall–Kier alpha value is -4.81. The molecule has 292 valence electrons. The highest BCUT2D eigenvalue weighted by atomic mass is 79.9. The Morgan fingerprint density at radius 3 is 1.39 bits per heavy atom. The molecule has 0 spiro atoms. The van der Waals surface area contributed by atoms with Crippen molar-refractivity contribution in [2.24, 2.45) is 11.5 Å². The van der Waals surface area contributed by atoms with Crippen molar-refractivity contribution < 1.29 is 27.1 Å². The van der Waals surface area contributed by atoms with Crippen molar-refractivity contribution in [2.75, 3.05) is 56.4 Å². The standard InChI is InChI=1S/2C12H10BrFN6O3.C6H15N.ClH/c2*13-7-5-6(1-2-8(7)14)20-11(19-22-12(20)21)9-10(16-4-3-15)18-23-17-9;1-4-7(5-2)6-3;/h2*1-2,5H,3-4,15H2,(H,16,18);4-6H2,1-3H3;1H. The van der Waals surface area contributed by atoms with E-state index < -0.39 is 23.1 Å². The fourth-order valence-corrected chi connectivity index (χ4v) is 5.19. The van der Waals surface area contributed by atoms with Gasteiger partial charge >= 0.3 is 11.5 Å². The zero-order chi connectivity index (χ0) is 38.5. The average molecular weight is 908 g/mol. The summed E-state index contributed by atoms with van der Waals surface area (Å²) in [6.07, 6.45) is 0. The number of aromatic nitrogens is 8. The highest BCUT2D eigenvalue weighted by Crippen LogP contribution is 2.27. The number of nitrogens with two attached hydrogens (primary N) is 2. The summed E-state index contributed by atoms with van der Waals surface area (Å²) >= 11 is 6.13. The lowest BCUT2D eigenvalue weighted by Crippen LogP contribution is -2.21. The minimum absolute atomic E-state index is 0. The van der Waals surface area contributed by atoms with E-state index >= 15 is 0 Å². The molecule has 0 aliphatic heterocycles. The van der Waals surface area contributed by atoms with Crippen molar-refractivity contribution >= 4 is 55.9 Å². The number of halogens is 5. The van der Waals surface area contributed by atoms with E-state index in [9.17, 15) is 18.4 Å². The first-order valence-corrected chi connectivity index (χ1v) is 17.5. The molecule has 0 aliphatic rings. The first-order chi connectivity index (χ1) is 25.6. The Morgan fingerprint density at radius 2 is 1.07 bits per heavy atom. The summed E-state index contributed by atoms with van der Waals surface area (Å²) in [4.78, 5) is 26.3. The van der Waals surface area contributed by atoms with Gasteiger partial charge in [0, 0.05) is 26.2 Å². The number of hydrogen-bond donors (Lipinski definition) is 4. The normalized spacial score (nSPS) is 10.6. The first-order valence-electron chi connectivity index (χ1n) is 15.9. The second kappa shape index (κ2) is 21.2. The van der Waals surface area contributed by atoms with Gasteiger partial charge in [-0.25, -0.2) is 36.8 Å². The van der Waals surface area contributed by atoms with Crippen LogP contribution in [-0.2, 0) is 0 Å². The van der Waals surface area contributed by atoms with Crippen LogP contribution in [0.2, 0.25) is 0 Å². The van der Waals surface area contributed by atoms with Gasteiger partial charge in [-0.15, -0.1) is 12.4 Å². The maximum absolute atomic E-state index is 13.4. The Bertz CT molecular complexity index is 2030. The van der Waals surface area contributed by atoms with Crippen LogP contribution in [0.4, 0.5) is 20.4 Å². The van der Waals surface area contributed by atoms with Crippen molar-refractivity contribution in [3.8, 4) is 34.4 Å². The molecule has 0 unspecified atom stereocenters. The monoisotopic (exact) mass is 905 g/mol. The van der Waals surface area contributed by atoms with Crippen molar-refractivity contribution in [1.29, 1.82) is 0 Å². The lowest BCUT2D eigenvalue weighted by molar-refractivity contribution is 0.309. The maximum atomic E-state index is 13.4. The smallest absolute Gasteiger partial charge is 0.364 e. The van der Waals surface area contributed by atoms with Crippen LogP contribution in [0.5, 0.6) is 0 Å². The van der Waals surface area contributed by atoms with Gasteiger partial charge in [-0.1, -0.05) is 31.1 Å². The molecule has 6 rings (SSSR count). The van der Waals surface area contributed by atoms with Gasteiger partial charge in [0.25, 0.3) is 0 Å². The van der Waals surface area contributed by atoms with Crippen LogP contribution in [0, 0.1) is 11.6 Å². The highest BCUT2D eigenvalue weighted by molar-refractivity contribution is 9.10. The summed E-state index contributed by atoms with van der Waals surface area (Å²) in [6, 6.07) is 8.05. The summed E-state index contributed by atoms with van der Waals surface area (Å²) in [7, 11) is 0. The Kier molecular flexibility index (Phi) is 17.1. The molecule has 54 heavy (non-hydrogen) atoms. The number of nitrogens with zero attached hydrogens (tertiary/aromatic N) is 9. The molecule has 0 saturated carbocycles. The van der Waals surface area contributed by atoms with E-state index in [-0.39, 0.29) is 56.0 Å². The van der Waals surface area contributed by atoms with Gasteiger partial charge in [-0.05, 0) is 109 Å². The third-order valence-electron chi connectivity index (χ3n) is 7.15. The average Bonchev–Trinajstić information content (AvgIpc) is 3.97. The van der Waals surface area contributed by atoms with E-state index in [1.807, 2.05) is 0 Å². The molecule has 2 aromatic carbocycles. The zero-order valence-corrected chi connectivity index (χ0v) is 33.0. The van der Waals surface area contributed by atoms with Crippen molar-refractivity contribution in [1.82, 2.24) is 45.0 Å².